The lowest BCUT2D eigenvalue weighted by Crippen LogP contribution is -2.38. The molecule has 0 radical (unpaired) electrons. The summed E-state index contributed by atoms with van der Waals surface area (Å²) >= 11 is 5.85. The molecule has 0 aliphatic carbocycles. The van der Waals surface area contributed by atoms with Gasteiger partial charge in [0.2, 0.25) is 5.91 Å². The van der Waals surface area contributed by atoms with Crippen molar-refractivity contribution in [2.45, 2.75) is 18.9 Å². The summed E-state index contributed by atoms with van der Waals surface area (Å²) in [5.41, 5.74) is 0.974. The van der Waals surface area contributed by atoms with E-state index in [2.05, 4.69) is 15.2 Å². The molecule has 1 atom stereocenters. The van der Waals surface area contributed by atoms with Crippen molar-refractivity contribution in [2.24, 2.45) is 0 Å². The first kappa shape index (κ1) is 14.9. The Morgan fingerprint density at radius 3 is 2.82 bits per heavy atom. The molecule has 22 heavy (non-hydrogen) atoms. The molecule has 3 rings (SSSR count). The molecule has 1 saturated heterocycles. The smallest absolute Gasteiger partial charge is 0.224 e. The number of aromatic nitrogens is 1. The second-order valence-corrected chi connectivity index (χ2v) is 5.93. The summed E-state index contributed by atoms with van der Waals surface area (Å²) in [6.45, 7) is 1.73. The van der Waals surface area contributed by atoms with Crippen molar-refractivity contribution in [3.63, 3.8) is 0 Å². The topological polar surface area (TPSA) is 45.2 Å². The highest BCUT2D eigenvalue weighted by atomic mass is 35.5. The summed E-state index contributed by atoms with van der Waals surface area (Å²) < 4.78 is 0. The highest BCUT2D eigenvalue weighted by Gasteiger charge is 2.24. The van der Waals surface area contributed by atoms with E-state index < -0.39 is 0 Å². The SMILES string of the molecule is O=C(Cc1ccc(Cl)cc1)NC1CCN(c2ccccn2)C1. The minimum atomic E-state index is 0.0511. The standard InChI is InChI=1S/C17H18ClN3O/c18-14-6-4-13(5-7-14)11-17(22)20-15-8-10-21(12-15)16-3-1-2-9-19-16/h1-7,9,15H,8,10-12H2,(H,20,22). The van der Waals surface area contributed by atoms with Gasteiger partial charge in [-0.15, -0.1) is 0 Å². The van der Waals surface area contributed by atoms with Crippen LogP contribution in [-0.2, 0) is 11.2 Å². The van der Waals surface area contributed by atoms with Crippen molar-refractivity contribution >= 4 is 23.3 Å². The molecule has 1 N–H and O–H groups in total. The number of pyridine rings is 1. The van der Waals surface area contributed by atoms with Crippen LogP contribution in [0.4, 0.5) is 5.82 Å². The number of hydrogen-bond donors (Lipinski definition) is 1. The van der Waals surface area contributed by atoms with E-state index >= 15 is 0 Å². The van der Waals surface area contributed by atoms with Gasteiger partial charge in [-0.3, -0.25) is 4.79 Å². The third-order valence-electron chi connectivity index (χ3n) is 3.80. The largest absolute Gasteiger partial charge is 0.354 e. The molecular weight excluding hydrogens is 298 g/mol. The fourth-order valence-electron chi connectivity index (χ4n) is 2.69. The number of anilines is 1. The Kier molecular flexibility index (Phi) is 4.59. The van der Waals surface area contributed by atoms with Crippen LogP contribution in [0.2, 0.25) is 5.02 Å². The maximum absolute atomic E-state index is 12.1. The number of carbonyl (C=O) groups excluding carboxylic acids is 1. The van der Waals surface area contributed by atoms with Gasteiger partial charge in [0, 0.05) is 30.4 Å². The van der Waals surface area contributed by atoms with Gasteiger partial charge in [0.1, 0.15) is 5.82 Å². The Balaban J connectivity index is 1.51. The molecule has 1 unspecified atom stereocenters. The summed E-state index contributed by atoms with van der Waals surface area (Å²) in [5, 5.41) is 3.79. The lowest BCUT2D eigenvalue weighted by Gasteiger charge is -2.17. The van der Waals surface area contributed by atoms with E-state index in [1.165, 1.54) is 0 Å². The normalized spacial score (nSPS) is 17.5. The van der Waals surface area contributed by atoms with Crippen LogP contribution in [0.15, 0.2) is 48.7 Å². The van der Waals surface area contributed by atoms with Crippen LogP contribution in [-0.4, -0.2) is 30.0 Å². The molecule has 1 fully saturated rings. The summed E-state index contributed by atoms with van der Waals surface area (Å²) in [7, 11) is 0. The molecule has 2 aromatic rings. The van der Waals surface area contributed by atoms with Crippen LogP contribution in [0.1, 0.15) is 12.0 Å². The summed E-state index contributed by atoms with van der Waals surface area (Å²) in [4.78, 5) is 18.7. The van der Waals surface area contributed by atoms with Crippen LogP contribution in [0, 0.1) is 0 Å². The van der Waals surface area contributed by atoms with Crippen LogP contribution in [0.5, 0.6) is 0 Å². The van der Waals surface area contributed by atoms with Crippen molar-refractivity contribution in [3.8, 4) is 0 Å². The predicted molar refractivity (Wildman–Crippen MR) is 88.2 cm³/mol. The van der Waals surface area contributed by atoms with Crippen LogP contribution in [0.3, 0.4) is 0 Å². The van der Waals surface area contributed by atoms with E-state index in [4.69, 9.17) is 11.6 Å². The van der Waals surface area contributed by atoms with Gasteiger partial charge in [-0.2, -0.15) is 0 Å². The van der Waals surface area contributed by atoms with E-state index in [-0.39, 0.29) is 11.9 Å². The molecule has 4 nitrogen and oxygen atoms in total. The first-order chi connectivity index (χ1) is 10.7. The van der Waals surface area contributed by atoms with Crippen LogP contribution >= 0.6 is 11.6 Å². The Bertz CT molecular complexity index is 630. The van der Waals surface area contributed by atoms with E-state index in [1.54, 1.807) is 6.20 Å². The number of nitrogens with zero attached hydrogens (tertiary/aromatic N) is 2. The zero-order valence-electron chi connectivity index (χ0n) is 12.2. The molecule has 1 aliphatic heterocycles. The van der Waals surface area contributed by atoms with Crippen molar-refractivity contribution in [3.05, 3.63) is 59.2 Å². The van der Waals surface area contributed by atoms with Gasteiger partial charge in [0.05, 0.1) is 6.42 Å². The molecule has 0 saturated carbocycles. The summed E-state index contributed by atoms with van der Waals surface area (Å²) in [6.07, 6.45) is 3.13. The number of benzene rings is 1. The van der Waals surface area contributed by atoms with Gasteiger partial charge in [-0.25, -0.2) is 4.98 Å². The highest BCUT2D eigenvalue weighted by molar-refractivity contribution is 6.30. The van der Waals surface area contributed by atoms with E-state index in [0.717, 1.165) is 30.9 Å². The zero-order chi connectivity index (χ0) is 15.4. The lowest BCUT2D eigenvalue weighted by molar-refractivity contribution is -0.121. The quantitative estimate of drug-likeness (QED) is 0.943. The van der Waals surface area contributed by atoms with E-state index in [0.29, 0.717) is 11.4 Å². The first-order valence-corrected chi connectivity index (χ1v) is 7.78. The van der Waals surface area contributed by atoms with E-state index in [9.17, 15) is 4.79 Å². The fraction of sp³-hybridized carbons (Fsp3) is 0.294. The van der Waals surface area contributed by atoms with Crippen molar-refractivity contribution in [2.75, 3.05) is 18.0 Å². The van der Waals surface area contributed by atoms with Gasteiger partial charge in [0.25, 0.3) is 0 Å². The second-order valence-electron chi connectivity index (χ2n) is 5.49. The summed E-state index contributed by atoms with van der Waals surface area (Å²) in [5.74, 6) is 1.02. The molecule has 2 heterocycles. The van der Waals surface area contributed by atoms with Gasteiger partial charge in [-0.05, 0) is 36.2 Å². The fourth-order valence-corrected chi connectivity index (χ4v) is 2.82. The monoisotopic (exact) mass is 315 g/mol. The zero-order valence-corrected chi connectivity index (χ0v) is 13.0. The van der Waals surface area contributed by atoms with Gasteiger partial charge < -0.3 is 10.2 Å². The number of hydrogen-bond acceptors (Lipinski definition) is 3. The minimum Gasteiger partial charge on any atom is -0.354 e. The highest BCUT2D eigenvalue weighted by Crippen LogP contribution is 2.17. The Labute approximate surface area is 135 Å². The van der Waals surface area contributed by atoms with Crippen molar-refractivity contribution in [1.82, 2.24) is 10.3 Å². The molecule has 1 amide bonds. The predicted octanol–water partition coefficient (Wildman–Crippen LogP) is 2.67. The first-order valence-electron chi connectivity index (χ1n) is 7.40. The van der Waals surface area contributed by atoms with Gasteiger partial charge in [0.15, 0.2) is 0 Å². The molecular formula is C17H18ClN3O. The number of rotatable bonds is 4. The third-order valence-corrected chi connectivity index (χ3v) is 4.06. The second kappa shape index (κ2) is 6.79. The molecule has 0 spiro atoms. The average molecular weight is 316 g/mol. The number of halogens is 1. The molecule has 1 aliphatic rings. The Hall–Kier alpha value is -2.07. The maximum Gasteiger partial charge on any atom is 0.224 e. The van der Waals surface area contributed by atoms with Crippen LogP contribution < -0.4 is 10.2 Å². The number of amides is 1. The Morgan fingerprint density at radius 1 is 1.27 bits per heavy atom. The lowest BCUT2D eigenvalue weighted by atomic mass is 10.1. The molecule has 114 valence electrons. The van der Waals surface area contributed by atoms with Crippen molar-refractivity contribution < 1.29 is 4.79 Å². The molecule has 1 aromatic carbocycles. The van der Waals surface area contributed by atoms with Crippen molar-refractivity contribution in [1.29, 1.82) is 0 Å². The summed E-state index contributed by atoms with van der Waals surface area (Å²) in [6, 6.07) is 13.5. The average Bonchev–Trinajstić information content (AvgIpc) is 2.99. The van der Waals surface area contributed by atoms with Gasteiger partial charge in [-0.1, -0.05) is 29.8 Å². The van der Waals surface area contributed by atoms with E-state index in [1.807, 2.05) is 42.5 Å². The van der Waals surface area contributed by atoms with Gasteiger partial charge >= 0.3 is 0 Å². The number of nitrogens with one attached hydrogen (secondary N) is 1. The minimum absolute atomic E-state index is 0.0511. The molecule has 1 aromatic heterocycles. The third kappa shape index (κ3) is 3.77. The number of carbonyl (C=O) groups is 1. The van der Waals surface area contributed by atoms with Crippen LogP contribution in [0.25, 0.3) is 0 Å². The Morgan fingerprint density at radius 2 is 2.09 bits per heavy atom. The molecule has 0 bridgehead atoms. The molecule has 5 heteroatoms. The maximum atomic E-state index is 12.1.